The highest BCUT2D eigenvalue weighted by molar-refractivity contribution is 5.99. The van der Waals surface area contributed by atoms with Crippen molar-refractivity contribution in [2.24, 2.45) is 5.41 Å². The number of carbonyl (C=O) groups excluding carboxylic acids is 1. The highest BCUT2D eigenvalue weighted by atomic mass is 19.1. The topological polar surface area (TPSA) is 63.9 Å². The fourth-order valence-corrected chi connectivity index (χ4v) is 4.86. The summed E-state index contributed by atoms with van der Waals surface area (Å²) in [5, 5.41) is 4.32. The molecule has 32 heavy (non-hydrogen) atoms. The Morgan fingerprint density at radius 3 is 2.66 bits per heavy atom. The Morgan fingerprint density at radius 2 is 1.91 bits per heavy atom. The molecule has 1 aliphatic heterocycles. The zero-order chi connectivity index (χ0) is 22.5. The van der Waals surface area contributed by atoms with Crippen LogP contribution < -0.4 is 0 Å². The average Bonchev–Trinajstić information content (AvgIpc) is 3.46. The third kappa shape index (κ3) is 3.47. The van der Waals surface area contributed by atoms with Crippen LogP contribution in [0.1, 0.15) is 54.4 Å². The van der Waals surface area contributed by atoms with Gasteiger partial charge in [-0.3, -0.25) is 9.78 Å². The van der Waals surface area contributed by atoms with E-state index in [-0.39, 0.29) is 17.0 Å². The van der Waals surface area contributed by atoms with Crippen LogP contribution in [0.5, 0.6) is 0 Å². The van der Waals surface area contributed by atoms with E-state index in [9.17, 15) is 9.18 Å². The molecule has 1 saturated carbocycles. The zero-order valence-corrected chi connectivity index (χ0v) is 18.2. The number of fused-ring (bicyclic) bond motifs is 1. The van der Waals surface area contributed by atoms with Gasteiger partial charge in [-0.25, -0.2) is 14.1 Å². The molecule has 4 heterocycles. The molecule has 1 amide bonds. The number of hydrogen-bond acceptors (Lipinski definition) is 4. The summed E-state index contributed by atoms with van der Waals surface area (Å²) < 4.78 is 30.3. The van der Waals surface area contributed by atoms with Gasteiger partial charge >= 0.3 is 0 Å². The monoisotopic (exact) mass is 437 g/mol. The normalized spacial score (nSPS) is 17.2. The van der Waals surface area contributed by atoms with E-state index in [0.717, 1.165) is 25.7 Å². The van der Waals surface area contributed by atoms with Crippen LogP contribution in [0.2, 0.25) is 0 Å². The molecule has 166 valence electrons. The Kier molecular flexibility index (Phi) is 5.03. The standard InChI is InChI=1S/C24H25F2N5O/c1-24(7-3-4-8-24)14-31-22(26)19(12-28-31)17-6-5-16(10-25)29-21(17)15-9-18-20(27-11-15)13-30(2)23(18)32/h5-6,9,11-12H,3-4,7-8,10,13-14H2,1-2H3. The molecule has 0 bridgehead atoms. The Morgan fingerprint density at radius 1 is 1.12 bits per heavy atom. The number of pyridine rings is 2. The molecule has 2 aliphatic rings. The molecule has 0 aromatic carbocycles. The van der Waals surface area contributed by atoms with Gasteiger partial charge < -0.3 is 4.90 Å². The summed E-state index contributed by atoms with van der Waals surface area (Å²) in [6, 6.07) is 4.93. The van der Waals surface area contributed by atoms with Crippen LogP contribution in [0.3, 0.4) is 0 Å². The van der Waals surface area contributed by atoms with Crippen molar-refractivity contribution in [2.75, 3.05) is 7.05 Å². The van der Waals surface area contributed by atoms with Crippen LogP contribution in [-0.4, -0.2) is 37.6 Å². The lowest BCUT2D eigenvalue weighted by molar-refractivity contribution is 0.0816. The number of alkyl halides is 1. The van der Waals surface area contributed by atoms with Gasteiger partial charge in [0.1, 0.15) is 6.67 Å². The molecule has 5 rings (SSSR count). The van der Waals surface area contributed by atoms with E-state index in [1.54, 1.807) is 36.3 Å². The quantitative estimate of drug-likeness (QED) is 0.576. The van der Waals surface area contributed by atoms with Gasteiger partial charge in [0.15, 0.2) is 0 Å². The molecular formula is C24H25F2N5O. The van der Waals surface area contributed by atoms with Gasteiger partial charge in [-0.2, -0.15) is 9.49 Å². The second kappa shape index (κ2) is 7.76. The summed E-state index contributed by atoms with van der Waals surface area (Å²) >= 11 is 0. The summed E-state index contributed by atoms with van der Waals surface area (Å²) in [7, 11) is 1.71. The van der Waals surface area contributed by atoms with Crippen LogP contribution in [0.15, 0.2) is 30.6 Å². The van der Waals surface area contributed by atoms with E-state index >= 15 is 4.39 Å². The van der Waals surface area contributed by atoms with Crippen LogP contribution in [0.25, 0.3) is 22.4 Å². The van der Waals surface area contributed by atoms with Gasteiger partial charge in [0, 0.05) is 30.9 Å². The molecular weight excluding hydrogens is 412 g/mol. The Labute approximate surface area is 185 Å². The molecule has 1 fully saturated rings. The van der Waals surface area contributed by atoms with Crippen LogP contribution in [0.4, 0.5) is 8.78 Å². The molecule has 3 aromatic heterocycles. The van der Waals surface area contributed by atoms with E-state index in [1.165, 1.54) is 10.9 Å². The average molecular weight is 437 g/mol. The number of aromatic nitrogens is 4. The van der Waals surface area contributed by atoms with Crippen molar-refractivity contribution in [3.8, 4) is 22.4 Å². The van der Waals surface area contributed by atoms with Crippen LogP contribution >= 0.6 is 0 Å². The smallest absolute Gasteiger partial charge is 0.255 e. The predicted octanol–water partition coefficient (Wildman–Crippen LogP) is 4.78. The van der Waals surface area contributed by atoms with Crippen LogP contribution in [0, 0.1) is 11.4 Å². The maximum absolute atomic E-state index is 15.5. The minimum atomic E-state index is -0.743. The van der Waals surface area contributed by atoms with Gasteiger partial charge in [-0.15, -0.1) is 0 Å². The fourth-order valence-electron chi connectivity index (χ4n) is 4.86. The van der Waals surface area contributed by atoms with Gasteiger partial charge in [0.2, 0.25) is 5.95 Å². The lowest BCUT2D eigenvalue weighted by Crippen LogP contribution is -2.21. The van der Waals surface area contributed by atoms with Crippen molar-refractivity contribution in [1.29, 1.82) is 0 Å². The second-order valence-electron chi connectivity index (χ2n) is 9.24. The van der Waals surface area contributed by atoms with E-state index < -0.39 is 12.6 Å². The third-order valence-corrected chi connectivity index (χ3v) is 6.70. The molecule has 0 saturated heterocycles. The molecule has 3 aromatic rings. The number of hydrogen-bond donors (Lipinski definition) is 0. The zero-order valence-electron chi connectivity index (χ0n) is 18.2. The van der Waals surface area contributed by atoms with E-state index in [2.05, 4.69) is 22.0 Å². The summed E-state index contributed by atoms with van der Waals surface area (Å²) in [5.41, 5.74) is 3.21. The van der Waals surface area contributed by atoms with Crippen molar-refractivity contribution in [3.05, 3.63) is 53.5 Å². The molecule has 8 heteroatoms. The number of amides is 1. The second-order valence-corrected chi connectivity index (χ2v) is 9.24. The van der Waals surface area contributed by atoms with Gasteiger partial charge in [-0.1, -0.05) is 25.8 Å². The third-order valence-electron chi connectivity index (χ3n) is 6.70. The van der Waals surface area contributed by atoms with Gasteiger partial charge in [0.25, 0.3) is 5.91 Å². The highest BCUT2D eigenvalue weighted by Gasteiger charge is 2.31. The van der Waals surface area contributed by atoms with Crippen molar-refractivity contribution in [1.82, 2.24) is 24.6 Å². The number of carbonyl (C=O) groups is 1. The SMILES string of the molecule is CN1Cc2ncc(-c3nc(CF)ccc3-c3cnn(CC4(C)CCCC4)c3F)cc2C1=O. The summed E-state index contributed by atoms with van der Waals surface area (Å²) in [5.74, 6) is -0.555. The first-order valence-corrected chi connectivity index (χ1v) is 10.9. The van der Waals surface area contributed by atoms with Gasteiger partial charge in [-0.05, 0) is 30.4 Å². The summed E-state index contributed by atoms with van der Waals surface area (Å²) in [6.07, 6.45) is 7.55. The highest BCUT2D eigenvalue weighted by Crippen LogP contribution is 2.40. The maximum Gasteiger partial charge on any atom is 0.255 e. The lowest BCUT2D eigenvalue weighted by Gasteiger charge is -2.23. The predicted molar refractivity (Wildman–Crippen MR) is 116 cm³/mol. The number of halogens is 2. The molecule has 1 aliphatic carbocycles. The van der Waals surface area contributed by atoms with E-state index in [0.29, 0.717) is 46.7 Å². The molecule has 0 radical (unpaired) electrons. The first-order valence-electron chi connectivity index (χ1n) is 10.9. The number of nitrogens with zero attached hydrogens (tertiary/aromatic N) is 5. The maximum atomic E-state index is 15.5. The minimum Gasteiger partial charge on any atom is -0.336 e. The largest absolute Gasteiger partial charge is 0.336 e. The molecule has 0 N–H and O–H groups in total. The van der Waals surface area contributed by atoms with Gasteiger partial charge in [0.05, 0.1) is 41.0 Å². The Hall–Kier alpha value is -3.16. The molecule has 0 atom stereocenters. The number of rotatable bonds is 5. The van der Waals surface area contributed by atoms with Crippen molar-refractivity contribution in [3.63, 3.8) is 0 Å². The minimum absolute atomic E-state index is 0.0413. The Balaban J connectivity index is 1.58. The van der Waals surface area contributed by atoms with E-state index in [4.69, 9.17) is 0 Å². The summed E-state index contributed by atoms with van der Waals surface area (Å²) in [4.78, 5) is 22.9. The van der Waals surface area contributed by atoms with Crippen molar-refractivity contribution >= 4 is 5.91 Å². The van der Waals surface area contributed by atoms with E-state index in [1.807, 2.05) is 0 Å². The lowest BCUT2D eigenvalue weighted by atomic mass is 9.89. The molecule has 0 unspecified atom stereocenters. The molecule has 6 nitrogen and oxygen atoms in total. The first kappa shape index (κ1) is 20.7. The summed E-state index contributed by atoms with van der Waals surface area (Å²) in [6.45, 7) is 2.40. The first-order chi connectivity index (χ1) is 15.4. The Bertz CT molecular complexity index is 1200. The van der Waals surface area contributed by atoms with Crippen molar-refractivity contribution < 1.29 is 13.6 Å². The molecule has 0 spiro atoms. The van der Waals surface area contributed by atoms with Crippen LogP contribution in [-0.2, 0) is 19.8 Å². The van der Waals surface area contributed by atoms with Crippen molar-refractivity contribution in [2.45, 2.75) is 52.4 Å². The fraction of sp³-hybridized carbons (Fsp3) is 0.417.